The average molecular weight is 841 g/mol. The quantitative estimate of drug-likeness (QED) is 0.125. The number of carbonyl (C=O) groups excluding carboxylic acids is 6. The third kappa shape index (κ3) is 12.2. The molecule has 338 valence electrons. The number of hydrogen-bond acceptors (Lipinski definition) is 8. The summed E-state index contributed by atoms with van der Waals surface area (Å²) >= 11 is 0. The maximum atomic E-state index is 14.6. The third-order valence-corrected chi connectivity index (χ3v) is 11.5. The van der Waals surface area contributed by atoms with Crippen LogP contribution in [0.3, 0.4) is 0 Å². The van der Waals surface area contributed by atoms with E-state index in [1.165, 1.54) is 19.6 Å². The Hall–Kier alpha value is -4.66. The van der Waals surface area contributed by atoms with Gasteiger partial charge >= 0.3 is 0 Å². The molecular weight excluding hydrogens is 765 g/mol. The van der Waals surface area contributed by atoms with Crippen molar-refractivity contribution in [3.8, 4) is 5.75 Å². The van der Waals surface area contributed by atoms with Crippen molar-refractivity contribution in [2.75, 3.05) is 41.8 Å². The van der Waals surface area contributed by atoms with E-state index < -0.39 is 59.9 Å². The molecule has 0 spiro atoms. The second kappa shape index (κ2) is 22.3. The number of hydrogen-bond donors (Lipinski definition) is 5. The van der Waals surface area contributed by atoms with Gasteiger partial charge in [0, 0.05) is 51.8 Å². The molecular formula is C45H76N8O7. The summed E-state index contributed by atoms with van der Waals surface area (Å²) in [5.41, 5.74) is 1.80. The second-order valence-electron chi connectivity index (χ2n) is 18.4. The minimum atomic E-state index is -0.995. The van der Waals surface area contributed by atoms with Gasteiger partial charge in [-0.2, -0.15) is 0 Å². The van der Waals surface area contributed by atoms with Crippen LogP contribution in [-0.2, 0) is 35.2 Å². The van der Waals surface area contributed by atoms with Crippen LogP contribution in [0, 0.1) is 35.5 Å². The first-order valence-corrected chi connectivity index (χ1v) is 21.4. The Balaban J connectivity index is 2.34. The maximum absolute atomic E-state index is 14.6. The molecule has 0 unspecified atom stereocenters. The molecule has 1 aromatic heterocycles. The van der Waals surface area contributed by atoms with Gasteiger partial charge in [-0.3, -0.25) is 28.8 Å². The van der Waals surface area contributed by atoms with Crippen LogP contribution in [0.5, 0.6) is 5.75 Å². The molecule has 2 aromatic rings. The van der Waals surface area contributed by atoms with Crippen LogP contribution < -0.4 is 16.0 Å². The van der Waals surface area contributed by atoms with Gasteiger partial charge in [0.2, 0.25) is 35.4 Å². The highest BCUT2D eigenvalue weighted by atomic mass is 16.3. The molecule has 0 fully saturated rings. The average Bonchev–Trinajstić information content (AvgIpc) is 3.54. The molecule has 6 atom stereocenters. The Morgan fingerprint density at radius 1 is 0.583 bits per heavy atom. The summed E-state index contributed by atoms with van der Waals surface area (Å²) in [7, 11) is 7.92. The number of aromatic nitrogens is 1. The molecule has 0 saturated carbocycles. The van der Waals surface area contributed by atoms with Gasteiger partial charge in [0.1, 0.15) is 36.0 Å². The number of phenols is 1. The van der Waals surface area contributed by atoms with Crippen LogP contribution in [0.1, 0.15) is 88.6 Å². The van der Waals surface area contributed by atoms with Crippen LogP contribution in [-0.4, -0.2) is 143 Å². The van der Waals surface area contributed by atoms with Crippen molar-refractivity contribution in [3.63, 3.8) is 0 Å². The number of H-pyrrole nitrogens is 1. The molecule has 0 aliphatic carbocycles. The standard InChI is InChI=1S/C45H76N8O7/c1-24(2)34(46-13)40(55)49-35(25(3)4)42(57)51(15)37(27(7)8)44(59)53(17)39(29(11)12)45(60)52(16)38(28(9)10)43(58)50(14)36(26(5)6)41(56)47-21-20-30-23-48-33-19-18-31(54)22-32(30)33/h18-19,22-29,34-39,46,48,54H,20-21H2,1-17H3,(H,47,56)(H,49,55)/t34-,35-,36-,37-,38-,39-/m0/s1. The fourth-order valence-corrected chi connectivity index (χ4v) is 8.34. The number of nitrogens with zero attached hydrogens (tertiary/aromatic N) is 4. The first-order valence-electron chi connectivity index (χ1n) is 21.4. The van der Waals surface area contributed by atoms with E-state index in [4.69, 9.17) is 0 Å². The smallest absolute Gasteiger partial charge is 0.246 e. The largest absolute Gasteiger partial charge is 0.508 e. The van der Waals surface area contributed by atoms with E-state index in [0.29, 0.717) is 13.0 Å². The van der Waals surface area contributed by atoms with E-state index in [1.54, 1.807) is 53.4 Å². The molecule has 0 aliphatic rings. The molecule has 15 nitrogen and oxygen atoms in total. The van der Waals surface area contributed by atoms with Crippen molar-refractivity contribution in [2.24, 2.45) is 35.5 Å². The highest BCUT2D eigenvalue weighted by Crippen LogP contribution is 2.25. The Kier molecular flexibility index (Phi) is 19.1. The lowest BCUT2D eigenvalue weighted by Gasteiger charge is -2.42. The zero-order chi connectivity index (χ0) is 46.1. The number of aromatic amines is 1. The predicted molar refractivity (Wildman–Crippen MR) is 237 cm³/mol. The normalized spacial score (nSPS) is 14.9. The number of benzene rings is 1. The molecule has 0 radical (unpaired) electrons. The highest BCUT2D eigenvalue weighted by molar-refractivity contribution is 5.97. The Bertz CT molecular complexity index is 1790. The summed E-state index contributed by atoms with van der Waals surface area (Å²) in [6, 6.07) is -0.102. The maximum Gasteiger partial charge on any atom is 0.246 e. The first kappa shape index (κ1) is 51.5. The highest BCUT2D eigenvalue weighted by Gasteiger charge is 2.44. The van der Waals surface area contributed by atoms with Gasteiger partial charge in [-0.1, -0.05) is 83.1 Å². The van der Waals surface area contributed by atoms with Gasteiger partial charge in [-0.15, -0.1) is 0 Å². The van der Waals surface area contributed by atoms with Crippen molar-refractivity contribution >= 4 is 46.3 Å². The fraction of sp³-hybridized carbons (Fsp3) is 0.689. The van der Waals surface area contributed by atoms with Crippen molar-refractivity contribution in [3.05, 3.63) is 30.0 Å². The Morgan fingerprint density at radius 2 is 1.00 bits per heavy atom. The summed E-state index contributed by atoms with van der Waals surface area (Å²) < 4.78 is 0. The predicted octanol–water partition coefficient (Wildman–Crippen LogP) is 3.85. The van der Waals surface area contributed by atoms with E-state index in [1.807, 2.05) is 89.3 Å². The summed E-state index contributed by atoms with van der Waals surface area (Å²) in [6.45, 7) is 22.5. The SMILES string of the molecule is CN[C@H](C(=O)N[C@H](C(=O)N(C)[C@H](C(=O)N(C)[C@H](C(=O)N(C)[C@H](C(=O)N(C)[C@H](C(=O)NCCc1c[nH]c2ccc(O)cc12)C(C)C)C(C)C)C(C)C)C(C)C)C(C)C)C(C)C. The number of likely N-dealkylation sites (N-methyl/N-ethyl adjacent to an activating group) is 5. The molecule has 60 heavy (non-hydrogen) atoms. The van der Waals surface area contributed by atoms with Crippen LogP contribution in [0.2, 0.25) is 0 Å². The number of aromatic hydroxyl groups is 1. The lowest BCUT2D eigenvalue weighted by molar-refractivity contribution is -0.157. The molecule has 0 aliphatic heterocycles. The number of rotatable bonds is 21. The second-order valence-corrected chi connectivity index (χ2v) is 18.4. The van der Waals surface area contributed by atoms with Gasteiger partial charge in [0.25, 0.3) is 0 Å². The zero-order valence-corrected chi connectivity index (χ0v) is 39.3. The van der Waals surface area contributed by atoms with E-state index in [0.717, 1.165) is 16.5 Å². The number of carbonyl (C=O) groups is 6. The lowest BCUT2D eigenvalue weighted by atomic mass is 9.93. The molecule has 1 aromatic carbocycles. The van der Waals surface area contributed by atoms with Crippen LogP contribution >= 0.6 is 0 Å². The Morgan fingerprint density at radius 3 is 1.40 bits per heavy atom. The number of nitrogens with one attached hydrogen (secondary N) is 4. The minimum absolute atomic E-state index is 0.0229. The number of phenolic OH excluding ortho intramolecular Hbond substituents is 1. The number of fused-ring (bicyclic) bond motifs is 1. The van der Waals surface area contributed by atoms with Crippen LogP contribution in [0.15, 0.2) is 24.4 Å². The zero-order valence-electron chi connectivity index (χ0n) is 39.3. The van der Waals surface area contributed by atoms with Gasteiger partial charge in [0.05, 0.1) is 6.04 Å². The summed E-state index contributed by atoms with van der Waals surface area (Å²) in [6.07, 6.45) is 2.35. The van der Waals surface area contributed by atoms with E-state index in [-0.39, 0.29) is 53.1 Å². The van der Waals surface area contributed by atoms with Crippen molar-refractivity contribution in [2.45, 2.75) is 126 Å². The monoisotopic (exact) mass is 841 g/mol. The number of amides is 6. The minimum Gasteiger partial charge on any atom is -0.508 e. The van der Waals surface area contributed by atoms with Gasteiger partial charge in [0.15, 0.2) is 0 Å². The van der Waals surface area contributed by atoms with E-state index in [9.17, 15) is 33.9 Å². The lowest BCUT2D eigenvalue weighted by Crippen LogP contribution is -2.63. The van der Waals surface area contributed by atoms with Crippen LogP contribution in [0.4, 0.5) is 0 Å². The molecule has 2 rings (SSSR count). The summed E-state index contributed by atoms with van der Waals surface area (Å²) in [5, 5.41) is 19.7. The molecule has 6 amide bonds. The fourth-order valence-electron chi connectivity index (χ4n) is 8.34. The van der Waals surface area contributed by atoms with Crippen molar-refractivity contribution in [1.82, 2.24) is 40.5 Å². The molecule has 1 heterocycles. The van der Waals surface area contributed by atoms with Crippen molar-refractivity contribution in [1.29, 1.82) is 0 Å². The van der Waals surface area contributed by atoms with Gasteiger partial charge in [-0.05, 0) is 72.7 Å². The van der Waals surface area contributed by atoms with Gasteiger partial charge in [-0.25, -0.2) is 0 Å². The molecule has 0 bridgehead atoms. The van der Waals surface area contributed by atoms with Crippen LogP contribution in [0.25, 0.3) is 10.9 Å². The Labute approximate surface area is 358 Å². The summed E-state index contributed by atoms with van der Waals surface area (Å²) in [5.74, 6) is -3.88. The van der Waals surface area contributed by atoms with E-state index >= 15 is 0 Å². The third-order valence-electron chi connectivity index (χ3n) is 11.5. The topological polar surface area (TPSA) is 187 Å². The molecule has 15 heteroatoms. The first-order chi connectivity index (χ1) is 27.8. The molecule has 0 saturated heterocycles. The summed E-state index contributed by atoms with van der Waals surface area (Å²) in [4.78, 5) is 93.3. The van der Waals surface area contributed by atoms with Crippen molar-refractivity contribution < 1.29 is 33.9 Å². The van der Waals surface area contributed by atoms with E-state index in [2.05, 4.69) is 20.9 Å². The molecule has 5 N–H and O–H groups in total. The van der Waals surface area contributed by atoms with Gasteiger partial charge < -0.3 is 45.6 Å².